The van der Waals surface area contributed by atoms with Gasteiger partial charge in [-0.2, -0.15) is 0 Å². The fourth-order valence-corrected chi connectivity index (χ4v) is 5.08. The van der Waals surface area contributed by atoms with Gasteiger partial charge in [0.15, 0.2) is 0 Å². The number of piperazine rings is 1. The van der Waals surface area contributed by atoms with Crippen molar-refractivity contribution in [1.82, 2.24) is 15.1 Å². The van der Waals surface area contributed by atoms with Crippen molar-refractivity contribution in [3.63, 3.8) is 0 Å². The SMILES string of the molecule is CCN(CC)C(=O)c1ccc(C(c2cccc(OC)c2)N2C3CCC2CNC3)cc1. The molecule has 0 aliphatic carbocycles. The molecule has 0 spiro atoms. The fraction of sp³-hybridized carbons (Fsp3) is 0.480. The number of nitrogens with zero attached hydrogens (tertiary/aromatic N) is 2. The zero-order valence-corrected chi connectivity index (χ0v) is 18.3. The number of hydrogen-bond donors (Lipinski definition) is 1. The maximum absolute atomic E-state index is 12.7. The molecule has 160 valence electrons. The van der Waals surface area contributed by atoms with E-state index >= 15 is 0 Å². The summed E-state index contributed by atoms with van der Waals surface area (Å²) in [4.78, 5) is 17.3. The molecule has 0 radical (unpaired) electrons. The molecule has 5 nitrogen and oxygen atoms in total. The standard InChI is InChI=1S/C25H33N3O2/c1-4-27(5-2)25(29)19-11-9-18(10-12-19)24(20-7-6-8-23(15-20)30-3)28-21-13-14-22(28)17-26-16-21/h6-12,15,21-22,24,26H,4-5,13-14,16-17H2,1-3H3. The summed E-state index contributed by atoms with van der Waals surface area (Å²) in [6, 6.07) is 17.9. The normalized spacial score (nSPS) is 22.0. The first kappa shape index (κ1) is 20.9. The van der Waals surface area contributed by atoms with E-state index < -0.39 is 0 Å². The molecular weight excluding hydrogens is 374 g/mol. The predicted molar refractivity (Wildman–Crippen MR) is 120 cm³/mol. The second kappa shape index (κ2) is 9.19. The maximum Gasteiger partial charge on any atom is 0.253 e. The van der Waals surface area contributed by atoms with Gasteiger partial charge in [0.25, 0.3) is 5.91 Å². The van der Waals surface area contributed by atoms with E-state index in [0.29, 0.717) is 12.1 Å². The van der Waals surface area contributed by atoms with Gasteiger partial charge < -0.3 is 15.0 Å². The van der Waals surface area contributed by atoms with Crippen molar-refractivity contribution < 1.29 is 9.53 Å². The topological polar surface area (TPSA) is 44.8 Å². The van der Waals surface area contributed by atoms with Gasteiger partial charge in [0, 0.05) is 43.8 Å². The Morgan fingerprint density at radius 3 is 2.33 bits per heavy atom. The Hall–Kier alpha value is -2.37. The van der Waals surface area contributed by atoms with Crippen LogP contribution in [0.25, 0.3) is 0 Å². The molecule has 4 rings (SSSR count). The van der Waals surface area contributed by atoms with Gasteiger partial charge in [0.1, 0.15) is 5.75 Å². The lowest BCUT2D eigenvalue weighted by atomic mass is 9.93. The Balaban J connectivity index is 1.70. The Bertz CT molecular complexity index is 847. The first-order valence-electron chi connectivity index (χ1n) is 11.2. The van der Waals surface area contributed by atoms with E-state index in [-0.39, 0.29) is 11.9 Å². The second-order valence-electron chi connectivity index (χ2n) is 8.27. The number of methoxy groups -OCH3 is 1. The average molecular weight is 408 g/mol. The van der Waals surface area contributed by atoms with Crippen LogP contribution in [0.15, 0.2) is 48.5 Å². The smallest absolute Gasteiger partial charge is 0.253 e. The van der Waals surface area contributed by atoms with E-state index in [2.05, 4.69) is 40.5 Å². The van der Waals surface area contributed by atoms with Crippen LogP contribution in [0.2, 0.25) is 0 Å². The van der Waals surface area contributed by atoms with Gasteiger partial charge in [0.05, 0.1) is 13.2 Å². The molecule has 2 saturated heterocycles. The van der Waals surface area contributed by atoms with Crippen LogP contribution < -0.4 is 10.1 Å². The van der Waals surface area contributed by atoms with Gasteiger partial charge >= 0.3 is 0 Å². The van der Waals surface area contributed by atoms with Gasteiger partial charge in [-0.05, 0) is 62.1 Å². The maximum atomic E-state index is 12.7. The Morgan fingerprint density at radius 2 is 1.73 bits per heavy atom. The number of hydrogen-bond acceptors (Lipinski definition) is 4. The summed E-state index contributed by atoms with van der Waals surface area (Å²) in [5, 5.41) is 3.59. The third-order valence-electron chi connectivity index (χ3n) is 6.67. The van der Waals surface area contributed by atoms with Crippen molar-refractivity contribution in [2.24, 2.45) is 0 Å². The Kier molecular flexibility index (Phi) is 6.40. The van der Waals surface area contributed by atoms with Crippen molar-refractivity contribution in [3.8, 4) is 5.75 Å². The minimum Gasteiger partial charge on any atom is -0.497 e. The number of rotatable bonds is 7. The number of carbonyl (C=O) groups excluding carboxylic acids is 1. The molecule has 2 aromatic carbocycles. The highest BCUT2D eigenvalue weighted by Gasteiger charge is 2.41. The van der Waals surface area contributed by atoms with Gasteiger partial charge in [0.2, 0.25) is 0 Å². The summed E-state index contributed by atoms with van der Waals surface area (Å²) in [5.74, 6) is 0.986. The molecule has 2 heterocycles. The first-order valence-corrected chi connectivity index (χ1v) is 11.2. The van der Waals surface area contributed by atoms with E-state index in [1.165, 1.54) is 24.0 Å². The van der Waals surface area contributed by atoms with Crippen molar-refractivity contribution >= 4 is 5.91 Å². The van der Waals surface area contributed by atoms with Crippen LogP contribution in [-0.4, -0.2) is 61.1 Å². The van der Waals surface area contributed by atoms with E-state index in [0.717, 1.165) is 37.5 Å². The molecule has 0 saturated carbocycles. The molecule has 0 aromatic heterocycles. The van der Waals surface area contributed by atoms with Gasteiger partial charge in [-0.15, -0.1) is 0 Å². The molecule has 2 aromatic rings. The van der Waals surface area contributed by atoms with Crippen LogP contribution in [0.4, 0.5) is 0 Å². The van der Waals surface area contributed by atoms with Crippen LogP contribution in [-0.2, 0) is 0 Å². The van der Waals surface area contributed by atoms with Gasteiger partial charge in [-0.25, -0.2) is 0 Å². The molecule has 5 heteroatoms. The summed E-state index contributed by atoms with van der Waals surface area (Å²) < 4.78 is 5.52. The molecule has 2 fully saturated rings. The van der Waals surface area contributed by atoms with Crippen molar-refractivity contribution in [2.75, 3.05) is 33.3 Å². The molecule has 2 bridgehead atoms. The van der Waals surface area contributed by atoms with Crippen LogP contribution >= 0.6 is 0 Å². The van der Waals surface area contributed by atoms with Gasteiger partial charge in [-0.1, -0.05) is 24.3 Å². The summed E-state index contributed by atoms with van der Waals surface area (Å²) >= 11 is 0. The van der Waals surface area contributed by atoms with Crippen molar-refractivity contribution in [3.05, 3.63) is 65.2 Å². The highest BCUT2D eigenvalue weighted by Crippen LogP contribution is 2.40. The fourth-order valence-electron chi connectivity index (χ4n) is 5.08. The molecule has 30 heavy (non-hydrogen) atoms. The minimum absolute atomic E-state index is 0.103. The monoisotopic (exact) mass is 407 g/mol. The lowest BCUT2D eigenvalue weighted by Gasteiger charge is -2.41. The quantitative estimate of drug-likeness (QED) is 0.760. The van der Waals surface area contributed by atoms with Crippen LogP contribution in [0.5, 0.6) is 5.75 Å². The Morgan fingerprint density at radius 1 is 1.07 bits per heavy atom. The molecule has 3 atom stereocenters. The number of nitrogens with one attached hydrogen (secondary N) is 1. The molecule has 2 aliphatic heterocycles. The summed E-state index contributed by atoms with van der Waals surface area (Å²) in [6.07, 6.45) is 2.47. The van der Waals surface area contributed by atoms with Crippen LogP contribution in [0.3, 0.4) is 0 Å². The zero-order valence-electron chi connectivity index (χ0n) is 18.3. The zero-order chi connectivity index (χ0) is 21.1. The largest absolute Gasteiger partial charge is 0.497 e. The Labute approximate surface area is 180 Å². The first-order chi connectivity index (χ1) is 14.7. The van der Waals surface area contributed by atoms with Crippen molar-refractivity contribution in [2.45, 2.75) is 44.8 Å². The van der Waals surface area contributed by atoms with Gasteiger partial charge in [-0.3, -0.25) is 9.69 Å². The third kappa shape index (κ3) is 3.96. The molecule has 1 amide bonds. The van der Waals surface area contributed by atoms with Crippen LogP contribution in [0, 0.1) is 0 Å². The minimum atomic E-state index is 0.103. The average Bonchev–Trinajstić information content (AvgIpc) is 3.02. The van der Waals surface area contributed by atoms with E-state index in [1.54, 1.807) is 7.11 Å². The lowest BCUT2D eigenvalue weighted by molar-refractivity contribution is 0.0773. The molecule has 3 unspecified atom stereocenters. The predicted octanol–water partition coefficient (Wildman–Crippen LogP) is 3.70. The highest BCUT2D eigenvalue weighted by molar-refractivity contribution is 5.94. The number of fused-ring (bicyclic) bond motifs is 2. The number of ether oxygens (including phenoxy) is 1. The second-order valence-corrected chi connectivity index (χ2v) is 8.27. The van der Waals surface area contributed by atoms with Crippen molar-refractivity contribution in [1.29, 1.82) is 0 Å². The van der Waals surface area contributed by atoms with E-state index in [4.69, 9.17) is 4.74 Å². The number of benzene rings is 2. The van der Waals surface area contributed by atoms with E-state index in [9.17, 15) is 4.79 Å². The molecule has 1 N–H and O–H groups in total. The highest BCUT2D eigenvalue weighted by atomic mass is 16.5. The summed E-state index contributed by atoms with van der Waals surface area (Å²) in [6.45, 7) is 7.58. The molecular formula is C25H33N3O2. The summed E-state index contributed by atoms with van der Waals surface area (Å²) in [7, 11) is 1.72. The lowest BCUT2D eigenvalue weighted by Crippen LogP contribution is -2.53. The van der Waals surface area contributed by atoms with Crippen LogP contribution in [0.1, 0.15) is 54.2 Å². The van der Waals surface area contributed by atoms with E-state index in [1.807, 2.05) is 36.9 Å². The third-order valence-corrected chi connectivity index (χ3v) is 6.67. The number of amides is 1. The molecule has 2 aliphatic rings. The number of carbonyl (C=O) groups is 1. The summed E-state index contributed by atoms with van der Waals surface area (Å²) in [5.41, 5.74) is 3.24.